The number of nitrogens with zero attached hydrogens (tertiary/aromatic N) is 3. The maximum absolute atomic E-state index is 13.0. The minimum atomic E-state index is -0.380. The van der Waals surface area contributed by atoms with Gasteiger partial charge >= 0.3 is 6.03 Å². The molecule has 0 unspecified atom stereocenters. The quantitative estimate of drug-likeness (QED) is 0.933. The van der Waals surface area contributed by atoms with E-state index in [0.717, 1.165) is 12.2 Å². The minimum Gasteiger partial charge on any atom is -0.322 e. The summed E-state index contributed by atoms with van der Waals surface area (Å²) in [5, 5.41) is 6.80. The predicted molar refractivity (Wildman–Crippen MR) is 74.8 cm³/mol. The van der Waals surface area contributed by atoms with E-state index in [2.05, 4.69) is 10.4 Å². The Bertz CT molecular complexity index is 596. The number of hydrogen-bond acceptors (Lipinski definition) is 2. The summed E-state index contributed by atoms with van der Waals surface area (Å²) in [7, 11) is 1.68. The first-order chi connectivity index (χ1) is 9.60. The number of nitrogens with one attached hydrogen (secondary N) is 1. The highest BCUT2D eigenvalue weighted by atomic mass is 19.1. The number of anilines is 1. The van der Waals surface area contributed by atoms with Gasteiger partial charge in [0, 0.05) is 25.5 Å². The normalized spacial score (nSPS) is 10.3. The summed E-state index contributed by atoms with van der Waals surface area (Å²) in [6.45, 7) is 3.18. The summed E-state index contributed by atoms with van der Waals surface area (Å²) in [5.41, 5.74) is 1.38. The van der Waals surface area contributed by atoms with Crippen LogP contribution < -0.4 is 5.32 Å². The Kier molecular flexibility index (Phi) is 4.34. The zero-order valence-corrected chi connectivity index (χ0v) is 11.5. The smallest absolute Gasteiger partial charge is 0.321 e. The lowest BCUT2D eigenvalue weighted by molar-refractivity contribution is 0.219. The third-order valence-corrected chi connectivity index (χ3v) is 2.93. The van der Waals surface area contributed by atoms with E-state index in [1.165, 1.54) is 17.0 Å². The average Bonchev–Trinajstić information content (AvgIpc) is 2.85. The number of benzene rings is 1. The van der Waals surface area contributed by atoms with Crippen molar-refractivity contribution in [3.8, 4) is 0 Å². The van der Waals surface area contributed by atoms with Crippen LogP contribution in [0.15, 0.2) is 36.5 Å². The van der Waals surface area contributed by atoms with E-state index in [1.807, 2.05) is 17.7 Å². The molecule has 0 saturated heterocycles. The van der Waals surface area contributed by atoms with Crippen LogP contribution in [0.5, 0.6) is 0 Å². The molecule has 0 atom stereocenters. The summed E-state index contributed by atoms with van der Waals surface area (Å²) >= 11 is 0. The van der Waals surface area contributed by atoms with E-state index in [9.17, 15) is 9.18 Å². The molecular weight excluding hydrogens is 259 g/mol. The van der Waals surface area contributed by atoms with Crippen molar-refractivity contribution >= 4 is 11.7 Å². The lowest BCUT2D eigenvalue weighted by Gasteiger charge is -2.18. The number of aromatic nitrogens is 2. The molecule has 20 heavy (non-hydrogen) atoms. The fraction of sp³-hybridized carbons (Fsp3) is 0.286. The highest BCUT2D eigenvalue weighted by Crippen LogP contribution is 2.11. The zero-order chi connectivity index (χ0) is 14.5. The van der Waals surface area contributed by atoms with Gasteiger partial charge in [0.05, 0.1) is 12.2 Å². The SMILES string of the molecule is CCn1nccc1CN(C)C(=O)Nc1cccc(F)c1. The van der Waals surface area contributed by atoms with Gasteiger partial charge in [-0.1, -0.05) is 6.07 Å². The summed E-state index contributed by atoms with van der Waals surface area (Å²) in [4.78, 5) is 13.5. The van der Waals surface area contributed by atoms with E-state index < -0.39 is 0 Å². The summed E-state index contributed by atoms with van der Waals surface area (Å²) in [6, 6.07) is 7.39. The molecule has 2 rings (SSSR count). The predicted octanol–water partition coefficient (Wildman–Crippen LogP) is 2.71. The zero-order valence-electron chi connectivity index (χ0n) is 11.5. The van der Waals surface area contributed by atoms with Crippen molar-refractivity contribution in [3.63, 3.8) is 0 Å². The van der Waals surface area contributed by atoms with Gasteiger partial charge in [0.2, 0.25) is 0 Å². The van der Waals surface area contributed by atoms with Crippen LogP contribution in [0.2, 0.25) is 0 Å². The van der Waals surface area contributed by atoms with Crippen LogP contribution in [0, 0.1) is 5.82 Å². The number of hydrogen-bond donors (Lipinski definition) is 1. The van der Waals surface area contributed by atoms with Crippen molar-refractivity contribution in [3.05, 3.63) is 48.0 Å². The van der Waals surface area contributed by atoms with Gasteiger partial charge in [-0.3, -0.25) is 4.68 Å². The van der Waals surface area contributed by atoms with E-state index >= 15 is 0 Å². The van der Waals surface area contributed by atoms with Gasteiger partial charge in [-0.25, -0.2) is 9.18 Å². The Hall–Kier alpha value is -2.37. The molecule has 0 bridgehead atoms. The molecule has 6 heteroatoms. The molecule has 5 nitrogen and oxygen atoms in total. The van der Waals surface area contributed by atoms with Crippen molar-refractivity contribution in [1.29, 1.82) is 0 Å². The van der Waals surface area contributed by atoms with Crippen molar-refractivity contribution < 1.29 is 9.18 Å². The molecule has 0 radical (unpaired) electrons. The molecule has 0 aliphatic rings. The standard InChI is InChI=1S/C14H17FN4O/c1-3-19-13(7-8-16-19)10-18(2)14(20)17-12-6-4-5-11(15)9-12/h4-9H,3,10H2,1-2H3,(H,17,20). The summed E-state index contributed by atoms with van der Waals surface area (Å²) in [5.74, 6) is -0.380. The molecule has 2 amide bonds. The van der Waals surface area contributed by atoms with E-state index in [1.54, 1.807) is 25.4 Å². The lowest BCUT2D eigenvalue weighted by Crippen LogP contribution is -2.31. The van der Waals surface area contributed by atoms with Crippen molar-refractivity contribution in [2.75, 3.05) is 12.4 Å². The lowest BCUT2D eigenvalue weighted by atomic mass is 10.3. The maximum Gasteiger partial charge on any atom is 0.321 e. The topological polar surface area (TPSA) is 50.2 Å². The van der Waals surface area contributed by atoms with Crippen LogP contribution in [0.3, 0.4) is 0 Å². The maximum atomic E-state index is 13.0. The van der Waals surface area contributed by atoms with Gasteiger partial charge in [0.1, 0.15) is 5.82 Å². The van der Waals surface area contributed by atoms with Crippen LogP contribution in [0.25, 0.3) is 0 Å². The van der Waals surface area contributed by atoms with Gasteiger partial charge in [0.15, 0.2) is 0 Å². The first kappa shape index (κ1) is 14.0. The Morgan fingerprint density at radius 2 is 2.25 bits per heavy atom. The highest BCUT2D eigenvalue weighted by molar-refractivity contribution is 5.89. The van der Waals surface area contributed by atoms with Gasteiger partial charge in [-0.05, 0) is 31.2 Å². The fourth-order valence-electron chi connectivity index (χ4n) is 1.88. The molecule has 1 heterocycles. The van der Waals surface area contributed by atoms with Crippen LogP contribution in [0.1, 0.15) is 12.6 Å². The first-order valence-corrected chi connectivity index (χ1v) is 6.38. The second-order valence-corrected chi connectivity index (χ2v) is 4.43. The van der Waals surface area contributed by atoms with Crippen LogP contribution in [0.4, 0.5) is 14.9 Å². The number of urea groups is 1. The number of rotatable bonds is 4. The fourth-order valence-corrected chi connectivity index (χ4v) is 1.88. The van der Waals surface area contributed by atoms with Gasteiger partial charge < -0.3 is 10.2 Å². The molecule has 0 spiro atoms. The van der Waals surface area contributed by atoms with Crippen molar-refractivity contribution in [2.45, 2.75) is 20.0 Å². The second kappa shape index (κ2) is 6.18. The van der Waals surface area contributed by atoms with E-state index in [4.69, 9.17) is 0 Å². The number of aryl methyl sites for hydroxylation is 1. The van der Waals surface area contributed by atoms with Crippen LogP contribution in [-0.4, -0.2) is 27.8 Å². The first-order valence-electron chi connectivity index (χ1n) is 6.38. The Morgan fingerprint density at radius 1 is 1.45 bits per heavy atom. The third kappa shape index (κ3) is 3.34. The van der Waals surface area contributed by atoms with E-state index in [-0.39, 0.29) is 11.8 Å². The van der Waals surface area contributed by atoms with Gasteiger partial charge in [-0.2, -0.15) is 5.10 Å². The molecule has 0 fully saturated rings. The Morgan fingerprint density at radius 3 is 2.95 bits per heavy atom. The van der Waals surface area contributed by atoms with E-state index in [0.29, 0.717) is 12.2 Å². The number of carbonyl (C=O) groups excluding carboxylic acids is 1. The van der Waals surface area contributed by atoms with Gasteiger partial charge in [0.25, 0.3) is 0 Å². The Balaban J connectivity index is 1.99. The van der Waals surface area contributed by atoms with Crippen molar-refractivity contribution in [2.24, 2.45) is 0 Å². The second-order valence-electron chi connectivity index (χ2n) is 4.43. The monoisotopic (exact) mass is 276 g/mol. The van der Waals surface area contributed by atoms with Gasteiger partial charge in [-0.15, -0.1) is 0 Å². The molecule has 1 N–H and O–H groups in total. The minimum absolute atomic E-state index is 0.292. The molecule has 0 aliphatic heterocycles. The Labute approximate surface area is 117 Å². The molecule has 2 aromatic rings. The number of halogens is 1. The average molecular weight is 276 g/mol. The number of amides is 2. The van der Waals surface area contributed by atoms with Crippen molar-refractivity contribution in [1.82, 2.24) is 14.7 Å². The molecule has 1 aromatic heterocycles. The molecule has 106 valence electrons. The molecule has 0 saturated carbocycles. The number of carbonyl (C=O) groups is 1. The molecular formula is C14H17FN4O. The largest absolute Gasteiger partial charge is 0.322 e. The summed E-state index contributed by atoms with van der Waals surface area (Å²) < 4.78 is 14.9. The highest BCUT2D eigenvalue weighted by Gasteiger charge is 2.11. The third-order valence-electron chi connectivity index (χ3n) is 2.93. The van der Waals surface area contributed by atoms with Crippen LogP contribution >= 0.6 is 0 Å². The summed E-state index contributed by atoms with van der Waals surface area (Å²) in [6.07, 6.45) is 1.71. The molecule has 1 aromatic carbocycles. The van der Waals surface area contributed by atoms with Crippen LogP contribution in [-0.2, 0) is 13.1 Å². The molecule has 0 aliphatic carbocycles.